The molecule has 1 heterocycles. The van der Waals surface area contributed by atoms with Crippen molar-refractivity contribution < 1.29 is 46.0 Å². The van der Waals surface area contributed by atoms with Gasteiger partial charge in [-0.1, -0.05) is 6.07 Å². The minimum atomic E-state index is -5.77. The molecule has 0 fully saturated rings. The van der Waals surface area contributed by atoms with E-state index in [1.54, 1.807) is 0 Å². The van der Waals surface area contributed by atoms with Crippen molar-refractivity contribution in [2.75, 3.05) is 6.79 Å². The highest BCUT2D eigenvalue weighted by atomic mass is 19.4. The first kappa shape index (κ1) is 15.7. The van der Waals surface area contributed by atoms with Gasteiger partial charge in [-0.25, -0.2) is 0 Å². The van der Waals surface area contributed by atoms with E-state index < -0.39 is 29.6 Å². The second-order valence-electron chi connectivity index (χ2n) is 4.28. The van der Waals surface area contributed by atoms with Gasteiger partial charge in [-0.3, -0.25) is 0 Å². The first-order valence-electron chi connectivity index (χ1n) is 5.42. The zero-order valence-electron chi connectivity index (χ0n) is 10.00. The number of rotatable bonds is 2. The summed E-state index contributed by atoms with van der Waals surface area (Å²) in [6.45, 7) is -0.314. The smallest absolute Gasteiger partial charge is 0.424 e. The average Bonchev–Trinajstić information content (AvgIpc) is 2.81. The lowest BCUT2D eigenvalue weighted by atomic mass is 9.86. The Morgan fingerprint density at radius 2 is 1.57 bits per heavy atom. The summed E-state index contributed by atoms with van der Waals surface area (Å²) in [5.41, 5.74) is -5.73. The van der Waals surface area contributed by atoms with Crippen LogP contribution in [0.2, 0.25) is 0 Å². The van der Waals surface area contributed by atoms with E-state index in [4.69, 9.17) is 14.6 Å². The second kappa shape index (κ2) is 4.67. The van der Waals surface area contributed by atoms with Crippen molar-refractivity contribution in [2.24, 2.45) is 0 Å². The Hall–Kier alpha value is -1.68. The molecule has 1 aromatic rings. The molecule has 2 atom stereocenters. The van der Waals surface area contributed by atoms with Crippen LogP contribution in [0.3, 0.4) is 0 Å². The van der Waals surface area contributed by atoms with Gasteiger partial charge in [-0.2, -0.15) is 26.3 Å². The number of ether oxygens (including phenoxy) is 2. The van der Waals surface area contributed by atoms with Crippen molar-refractivity contribution in [3.05, 3.63) is 23.8 Å². The largest absolute Gasteiger partial charge is 0.454 e. The van der Waals surface area contributed by atoms with Crippen molar-refractivity contribution in [3.63, 3.8) is 0 Å². The van der Waals surface area contributed by atoms with Gasteiger partial charge in [-0.05, 0) is 17.7 Å². The lowest BCUT2D eigenvalue weighted by Gasteiger charge is -2.35. The molecule has 2 N–H and O–H groups in total. The minimum absolute atomic E-state index is 0.0183. The van der Waals surface area contributed by atoms with E-state index in [0.29, 0.717) is 12.1 Å². The highest BCUT2D eigenvalue weighted by Gasteiger charge is 2.67. The summed E-state index contributed by atoms with van der Waals surface area (Å²) < 4.78 is 85.8. The van der Waals surface area contributed by atoms with Crippen LogP contribution in [0, 0.1) is 0 Å². The van der Waals surface area contributed by atoms with Gasteiger partial charge in [0.2, 0.25) is 12.4 Å². The zero-order chi connectivity index (χ0) is 16.1. The summed E-state index contributed by atoms with van der Waals surface area (Å²) in [7, 11) is 0. The Morgan fingerprint density at radius 3 is 2.10 bits per heavy atom. The van der Waals surface area contributed by atoms with Gasteiger partial charge in [-0.15, -0.1) is 0 Å². The van der Waals surface area contributed by atoms with Gasteiger partial charge >= 0.3 is 12.4 Å². The van der Waals surface area contributed by atoms with E-state index in [0.717, 1.165) is 6.07 Å². The van der Waals surface area contributed by atoms with Gasteiger partial charge in [0.25, 0.3) is 0 Å². The van der Waals surface area contributed by atoms with Gasteiger partial charge in [0, 0.05) is 0 Å². The predicted octanol–water partition coefficient (Wildman–Crippen LogP) is 2.09. The summed E-state index contributed by atoms with van der Waals surface area (Å²) in [5, 5.41) is 18.5. The maximum Gasteiger partial charge on any atom is 0.424 e. The fraction of sp³-hybridized carbons (Fsp3) is 0.455. The molecule has 4 nitrogen and oxygen atoms in total. The monoisotopic (exact) mass is 318 g/mol. The Kier molecular flexibility index (Phi) is 3.49. The molecule has 2 unspecified atom stereocenters. The molecular weight excluding hydrogens is 310 g/mol. The topological polar surface area (TPSA) is 58.9 Å². The van der Waals surface area contributed by atoms with Crippen LogP contribution < -0.4 is 9.47 Å². The van der Waals surface area contributed by atoms with Crippen LogP contribution >= 0.6 is 0 Å². The maximum atomic E-state index is 12.9. The molecule has 21 heavy (non-hydrogen) atoms. The number of aliphatic hydroxyl groups excluding tert-OH is 1. The summed E-state index contributed by atoms with van der Waals surface area (Å²) in [4.78, 5) is 0. The molecule has 0 amide bonds. The molecule has 1 aromatic carbocycles. The van der Waals surface area contributed by atoms with Crippen LogP contribution in [0.1, 0.15) is 5.56 Å². The Morgan fingerprint density at radius 1 is 1.00 bits per heavy atom. The van der Waals surface area contributed by atoms with E-state index in [-0.39, 0.29) is 18.3 Å². The number of benzene rings is 1. The van der Waals surface area contributed by atoms with Crippen molar-refractivity contribution in [1.29, 1.82) is 0 Å². The fourth-order valence-corrected chi connectivity index (χ4v) is 1.85. The van der Waals surface area contributed by atoms with Crippen molar-refractivity contribution in [2.45, 2.75) is 24.1 Å². The highest BCUT2D eigenvalue weighted by molar-refractivity contribution is 5.46. The Bertz CT molecular complexity index is 540. The van der Waals surface area contributed by atoms with Crippen molar-refractivity contribution >= 4 is 0 Å². The highest BCUT2D eigenvalue weighted by Crippen LogP contribution is 2.48. The third-order valence-corrected chi connectivity index (χ3v) is 2.95. The zero-order valence-corrected chi connectivity index (χ0v) is 10.00. The minimum Gasteiger partial charge on any atom is -0.454 e. The molecule has 1 aliphatic rings. The molecule has 0 spiro atoms. The molecule has 0 saturated carbocycles. The average molecular weight is 318 g/mol. The molecule has 0 aromatic heterocycles. The third kappa shape index (κ3) is 2.48. The summed E-state index contributed by atoms with van der Waals surface area (Å²) in [5.74, 6) is -0.241. The number of aliphatic hydroxyl groups is 2. The fourth-order valence-electron chi connectivity index (χ4n) is 1.85. The van der Waals surface area contributed by atoms with Crippen LogP contribution in [-0.2, 0) is 5.60 Å². The molecule has 2 rings (SSSR count). The number of fused-ring (bicyclic) bond motifs is 1. The molecule has 118 valence electrons. The van der Waals surface area contributed by atoms with E-state index in [2.05, 4.69) is 0 Å². The molecule has 0 saturated heterocycles. The maximum absolute atomic E-state index is 12.9. The number of hydrogen-bond donors (Lipinski definition) is 2. The molecular formula is C11H8F6O4. The normalized spacial score (nSPS) is 19.2. The molecule has 1 aliphatic heterocycles. The summed E-state index contributed by atoms with van der Waals surface area (Å²) in [6, 6.07) is 2.04. The van der Waals surface area contributed by atoms with Gasteiger partial charge in [0.05, 0.1) is 0 Å². The van der Waals surface area contributed by atoms with Gasteiger partial charge in [0.15, 0.2) is 17.6 Å². The standard InChI is InChI=1S/C11H8F6O4/c12-10(13,14)8(18)9(19,11(15,16)17)5-1-2-6-7(3-5)21-4-20-6/h1-3,8,18-19H,4H2. The van der Waals surface area contributed by atoms with E-state index in [9.17, 15) is 31.4 Å². The van der Waals surface area contributed by atoms with Crippen LogP contribution in [0.5, 0.6) is 11.5 Å². The first-order chi connectivity index (χ1) is 9.48. The lowest BCUT2D eigenvalue weighted by Crippen LogP contribution is -2.57. The van der Waals surface area contributed by atoms with Gasteiger partial charge in [0.1, 0.15) is 0 Å². The number of alkyl halides is 6. The number of hydrogen-bond acceptors (Lipinski definition) is 4. The van der Waals surface area contributed by atoms with Crippen LogP contribution in [0.15, 0.2) is 18.2 Å². The van der Waals surface area contributed by atoms with E-state index in [1.807, 2.05) is 0 Å². The van der Waals surface area contributed by atoms with Crippen LogP contribution in [-0.4, -0.2) is 35.5 Å². The summed E-state index contributed by atoms with van der Waals surface area (Å²) in [6.07, 6.45) is -15.5. The second-order valence-corrected chi connectivity index (χ2v) is 4.28. The molecule has 0 radical (unpaired) electrons. The van der Waals surface area contributed by atoms with Gasteiger partial charge < -0.3 is 19.7 Å². The Labute approximate surface area is 113 Å². The van der Waals surface area contributed by atoms with E-state index in [1.165, 1.54) is 0 Å². The number of halogens is 6. The third-order valence-electron chi connectivity index (χ3n) is 2.95. The predicted molar refractivity (Wildman–Crippen MR) is 54.6 cm³/mol. The van der Waals surface area contributed by atoms with Crippen LogP contribution in [0.25, 0.3) is 0 Å². The quantitative estimate of drug-likeness (QED) is 0.820. The van der Waals surface area contributed by atoms with Crippen molar-refractivity contribution in [1.82, 2.24) is 0 Å². The molecule has 10 heteroatoms. The SMILES string of the molecule is OC(C(F)(F)F)C(O)(c1ccc2c(c1)OCO2)C(F)(F)F. The first-order valence-corrected chi connectivity index (χ1v) is 5.42. The molecule has 0 bridgehead atoms. The molecule has 0 aliphatic carbocycles. The van der Waals surface area contributed by atoms with Crippen molar-refractivity contribution in [3.8, 4) is 11.5 Å². The van der Waals surface area contributed by atoms with Crippen LogP contribution in [0.4, 0.5) is 26.3 Å². The van der Waals surface area contributed by atoms with E-state index >= 15 is 0 Å². The summed E-state index contributed by atoms with van der Waals surface area (Å²) >= 11 is 0. The Balaban J connectivity index is 2.56. The lowest BCUT2D eigenvalue weighted by molar-refractivity contribution is -0.347.